The van der Waals surface area contributed by atoms with Gasteiger partial charge in [-0.1, -0.05) is 6.42 Å². The van der Waals surface area contributed by atoms with Crippen LogP contribution in [0.25, 0.3) is 0 Å². The molecule has 1 aliphatic rings. The molecule has 1 atom stereocenters. The van der Waals surface area contributed by atoms with Gasteiger partial charge in [-0.3, -0.25) is 4.79 Å². The molecular formula is C11H18N4OS. The zero-order chi connectivity index (χ0) is 12.1. The maximum absolute atomic E-state index is 11.8. The summed E-state index contributed by atoms with van der Waals surface area (Å²) in [7, 11) is 0. The number of nitrogens with two attached hydrogens (primary N) is 1. The summed E-state index contributed by atoms with van der Waals surface area (Å²) < 4.78 is 0. The molecule has 1 fully saturated rings. The van der Waals surface area contributed by atoms with Crippen molar-refractivity contribution < 1.29 is 4.79 Å². The van der Waals surface area contributed by atoms with Gasteiger partial charge in [-0.25, -0.2) is 4.98 Å². The summed E-state index contributed by atoms with van der Waals surface area (Å²) in [5, 5.41) is 5.17. The van der Waals surface area contributed by atoms with E-state index >= 15 is 0 Å². The molecule has 0 radical (unpaired) electrons. The molecular weight excluding hydrogens is 236 g/mol. The smallest absolute Gasteiger partial charge is 0.244 e. The first-order chi connectivity index (χ1) is 8.25. The molecule has 6 heteroatoms. The van der Waals surface area contributed by atoms with E-state index in [-0.39, 0.29) is 5.91 Å². The first-order valence-electron chi connectivity index (χ1n) is 5.94. The SMILES string of the molecule is NC(CN1CCCCC1)C(=O)Nc1nccs1. The Morgan fingerprint density at radius 3 is 2.94 bits per heavy atom. The molecule has 0 saturated carbocycles. The first-order valence-corrected chi connectivity index (χ1v) is 6.82. The molecule has 0 aromatic carbocycles. The van der Waals surface area contributed by atoms with E-state index in [0.717, 1.165) is 13.1 Å². The van der Waals surface area contributed by atoms with Crippen LogP contribution in [0.2, 0.25) is 0 Å². The third-order valence-corrected chi connectivity index (χ3v) is 3.59. The average Bonchev–Trinajstić information content (AvgIpc) is 2.83. The van der Waals surface area contributed by atoms with Crippen LogP contribution in [0, 0.1) is 0 Å². The fourth-order valence-corrected chi connectivity index (χ4v) is 2.52. The molecule has 2 heterocycles. The highest BCUT2D eigenvalue weighted by atomic mass is 32.1. The van der Waals surface area contributed by atoms with Gasteiger partial charge in [0.05, 0.1) is 6.04 Å². The van der Waals surface area contributed by atoms with E-state index in [1.165, 1.54) is 30.6 Å². The van der Waals surface area contributed by atoms with Crippen molar-refractivity contribution >= 4 is 22.4 Å². The number of carbonyl (C=O) groups is 1. The third kappa shape index (κ3) is 3.76. The lowest BCUT2D eigenvalue weighted by Gasteiger charge is -2.28. The molecule has 94 valence electrons. The number of anilines is 1. The van der Waals surface area contributed by atoms with Crippen LogP contribution in [-0.4, -0.2) is 41.5 Å². The predicted molar refractivity (Wildman–Crippen MR) is 69.0 cm³/mol. The molecule has 2 rings (SSSR count). The maximum atomic E-state index is 11.8. The van der Waals surface area contributed by atoms with Crippen molar-refractivity contribution in [2.75, 3.05) is 25.0 Å². The number of rotatable bonds is 4. The number of hydrogen-bond acceptors (Lipinski definition) is 5. The Morgan fingerprint density at radius 2 is 2.29 bits per heavy atom. The topological polar surface area (TPSA) is 71.2 Å². The van der Waals surface area contributed by atoms with Gasteiger partial charge in [0.25, 0.3) is 0 Å². The number of nitrogens with one attached hydrogen (secondary N) is 1. The Bertz CT molecular complexity index is 348. The molecule has 1 aromatic heterocycles. The molecule has 3 N–H and O–H groups in total. The zero-order valence-electron chi connectivity index (χ0n) is 9.76. The lowest BCUT2D eigenvalue weighted by molar-refractivity contribution is -0.117. The van der Waals surface area contributed by atoms with E-state index in [9.17, 15) is 4.79 Å². The van der Waals surface area contributed by atoms with Crippen molar-refractivity contribution in [2.24, 2.45) is 5.73 Å². The number of likely N-dealkylation sites (tertiary alicyclic amines) is 1. The van der Waals surface area contributed by atoms with Crippen LogP contribution in [0.5, 0.6) is 0 Å². The molecule has 0 bridgehead atoms. The fraction of sp³-hybridized carbons (Fsp3) is 0.636. The van der Waals surface area contributed by atoms with Gasteiger partial charge in [0.1, 0.15) is 0 Å². The van der Waals surface area contributed by atoms with Crippen molar-refractivity contribution in [1.82, 2.24) is 9.88 Å². The summed E-state index contributed by atoms with van der Waals surface area (Å²) in [5.41, 5.74) is 5.89. The normalized spacial score (nSPS) is 18.9. The fourth-order valence-electron chi connectivity index (χ4n) is 1.99. The van der Waals surface area contributed by atoms with Crippen molar-refractivity contribution in [3.05, 3.63) is 11.6 Å². The summed E-state index contributed by atoms with van der Waals surface area (Å²) in [6, 6.07) is -0.475. The summed E-state index contributed by atoms with van der Waals surface area (Å²) in [5.74, 6) is -0.148. The average molecular weight is 254 g/mol. The third-order valence-electron chi connectivity index (χ3n) is 2.90. The molecule has 1 unspecified atom stereocenters. The predicted octanol–water partition coefficient (Wildman–Crippen LogP) is 0.895. The Hall–Kier alpha value is -0.980. The van der Waals surface area contributed by atoms with Gasteiger partial charge in [-0.2, -0.15) is 0 Å². The van der Waals surface area contributed by atoms with Gasteiger partial charge in [-0.05, 0) is 25.9 Å². The summed E-state index contributed by atoms with van der Waals surface area (Å²) >= 11 is 1.40. The second kappa shape index (κ2) is 6.09. The Kier molecular flexibility index (Phi) is 4.47. The van der Waals surface area contributed by atoms with Crippen molar-refractivity contribution in [3.8, 4) is 0 Å². The van der Waals surface area contributed by atoms with E-state index in [0.29, 0.717) is 11.7 Å². The van der Waals surface area contributed by atoms with E-state index in [1.54, 1.807) is 6.20 Å². The maximum Gasteiger partial charge on any atom is 0.244 e. The van der Waals surface area contributed by atoms with Gasteiger partial charge >= 0.3 is 0 Å². The van der Waals surface area contributed by atoms with E-state index in [4.69, 9.17) is 5.73 Å². The van der Waals surface area contributed by atoms with Crippen LogP contribution in [0.15, 0.2) is 11.6 Å². The van der Waals surface area contributed by atoms with E-state index in [2.05, 4.69) is 15.2 Å². The minimum absolute atomic E-state index is 0.148. The van der Waals surface area contributed by atoms with Crippen LogP contribution in [-0.2, 0) is 4.79 Å². The molecule has 1 amide bonds. The molecule has 5 nitrogen and oxygen atoms in total. The van der Waals surface area contributed by atoms with E-state index < -0.39 is 6.04 Å². The Balaban J connectivity index is 1.78. The van der Waals surface area contributed by atoms with Crippen molar-refractivity contribution in [3.63, 3.8) is 0 Å². The number of hydrogen-bond donors (Lipinski definition) is 2. The number of amides is 1. The monoisotopic (exact) mass is 254 g/mol. The molecule has 0 spiro atoms. The zero-order valence-corrected chi connectivity index (χ0v) is 10.6. The van der Waals surface area contributed by atoms with Crippen molar-refractivity contribution in [2.45, 2.75) is 25.3 Å². The Labute approximate surface area is 105 Å². The highest BCUT2D eigenvalue weighted by molar-refractivity contribution is 7.13. The van der Waals surface area contributed by atoms with Gasteiger partial charge in [0.2, 0.25) is 5.91 Å². The first kappa shape index (κ1) is 12.5. The lowest BCUT2D eigenvalue weighted by atomic mass is 10.1. The number of thiazole rings is 1. The molecule has 1 aromatic rings. The summed E-state index contributed by atoms with van der Waals surface area (Å²) in [4.78, 5) is 18.1. The number of carbonyl (C=O) groups excluding carboxylic acids is 1. The Morgan fingerprint density at radius 1 is 1.53 bits per heavy atom. The summed E-state index contributed by atoms with van der Waals surface area (Å²) in [6.07, 6.45) is 5.37. The quantitative estimate of drug-likeness (QED) is 0.837. The lowest BCUT2D eigenvalue weighted by Crippen LogP contribution is -2.46. The van der Waals surface area contributed by atoms with Crippen LogP contribution in [0.4, 0.5) is 5.13 Å². The molecule has 1 saturated heterocycles. The van der Waals surface area contributed by atoms with Gasteiger partial charge in [0.15, 0.2) is 5.13 Å². The minimum atomic E-state index is -0.475. The van der Waals surface area contributed by atoms with E-state index in [1.807, 2.05) is 5.38 Å². The summed E-state index contributed by atoms with van der Waals surface area (Å²) in [6.45, 7) is 2.74. The van der Waals surface area contributed by atoms with Crippen molar-refractivity contribution in [1.29, 1.82) is 0 Å². The van der Waals surface area contributed by atoms with Crippen LogP contribution >= 0.6 is 11.3 Å². The van der Waals surface area contributed by atoms with Gasteiger partial charge < -0.3 is 16.0 Å². The second-order valence-electron chi connectivity index (χ2n) is 4.29. The number of aromatic nitrogens is 1. The van der Waals surface area contributed by atoms with Gasteiger partial charge in [0, 0.05) is 18.1 Å². The largest absolute Gasteiger partial charge is 0.319 e. The second-order valence-corrected chi connectivity index (χ2v) is 5.19. The number of piperidine rings is 1. The number of nitrogens with zero attached hydrogens (tertiary/aromatic N) is 2. The van der Waals surface area contributed by atoms with Crippen LogP contribution < -0.4 is 11.1 Å². The molecule has 0 aliphatic carbocycles. The highest BCUT2D eigenvalue weighted by Crippen LogP contribution is 2.11. The van der Waals surface area contributed by atoms with Crippen LogP contribution in [0.3, 0.4) is 0 Å². The minimum Gasteiger partial charge on any atom is -0.319 e. The van der Waals surface area contributed by atoms with Gasteiger partial charge in [-0.15, -0.1) is 11.3 Å². The highest BCUT2D eigenvalue weighted by Gasteiger charge is 2.19. The molecule has 1 aliphatic heterocycles. The standard InChI is InChI=1S/C11H18N4OS/c12-9(8-15-5-2-1-3-6-15)10(16)14-11-13-4-7-17-11/h4,7,9H,1-3,5-6,8,12H2,(H,13,14,16). The molecule has 17 heavy (non-hydrogen) atoms. The van der Waals surface area contributed by atoms with Crippen LogP contribution in [0.1, 0.15) is 19.3 Å².